The van der Waals surface area contributed by atoms with Gasteiger partial charge in [0.1, 0.15) is 0 Å². The van der Waals surface area contributed by atoms with Gasteiger partial charge in [-0.05, 0) is 36.8 Å². The minimum atomic E-state index is -0.852. The van der Waals surface area contributed by atoms with Crippen LogP contribution in [0.3, 0.4) is 0 Å². The monoisotopic (exact) mass is 353 g/mol. The number of aromatic nitrogens is 4. The summed E-state index contributed by atoms with van der Waals surface area (Å²) >= 11 is 0. The molecular weight excluding hydrogens is 334 g/mol. The molecular formula is C18H19N5OS. The molecule has 0 amide bonds. The average Bonchev–Trinajstić information content (AvgIpc) is 2.63. The second kappa shape index (κ2) is 7.94. The van der Waals surface area contributed by atoms with E-state index in [1.165, 1.54) is 0 Å². The molecule has 0 aliphatic heterocycles. The van der Waals surface area contributed by atoms with Gasteiger partial charge in [-0.25, -0.2) is 9.97 Å². The Labute approximate surface area is 149 Å². The highest BCUT2D eigenvalue weighted by molar-refractivity contribution is 7.84. The molecule has 0 fully saturated rings. The van der Waals surface area contributed by atoms with Crippen LogP contribution >= 0.6 is 0 Å². The summed E-state index contributed by atoms with van der Waals surface area (Å²) < 4.78 is 11.2. The van der Waals surface area contributed by atoms with Crippen LogP contribution in [0.25, 0.3) is 22.4 Å². The number of anilines is 1. The molecule has 0 radical (unpaired) electrons. The second-order valence-electron chi connectivity index (χ2n) is 5.58. The van der Waals surface area contributed by atoms with Crippen LogP contribution in [0.2, 0.25) is 0 Å². The molecule has 0 bridgehead atoms. The highest BCUT2D eigenvalue weighted by Crippen LogP contribution is 2.30. The first-order valence-electron chi connectivity index (χ1n) is 7.88. The molecule has 3 rings (SSSR count). The topological polar surface area (TPSA) is 80.7 Å². The van der Waals surface area contributed by atoms with E-state index in [0.29, 0.717) is 18.2 Å². The molecule has 3 aromatic heterocycles. The first-order valence-corrected chi connectivity index (χ1v) is 9.60. The molecule has 3 heterocycles. The molecule has 0 aliphatic rings. The largest absolute Gasteiger partial charge is 0.353 e. The first kappa shape index (κ1) is 17.2. The fraction of sp³-hybridized carbons (Fsp3) is 0.222. The van der Waals surface area contributed by atoms with Crippen LogP contribution in [0.4, 0.5) is 5.95 Å². The Hall–Kier alpha value is -2.67. The van der Waals surface area contributed by atoms with E-state index in [0.717, 1.165) is 28.1 Å². The summed E-state index contributed by atoms with van der Waals surface area (Å²) in [4.78, 5) is 17.5. The normalized spacial score (nSPS) is 11.9. The lowest BCUT2D eigenvalue weighted by Gasteiger charge is -2.11. The Balaban J connectivity index is 2.00. The zero-order valence-electron chi connectivity index (χ0n) is 14.1. The van der Waals surface area contributed by atoms with Gasteiger partial charge in [0.2, 0.25) is 5.95 Å². The smallest absolute Gasteiger partial charge is 0.223 e. The summed E-state index contributed by atoms with van der Waals surface area (Å²) in [6.45, 7) is 2.51. The van der Waals surface area contributed by atoms with Crippen LogP contribution in [-0.2, 0) is 10.8 Å². The third kappa shape index (κ3) is 4.45. The van der Waals surface area contributed by atoms with E-state index in [9.17, 15) is 4.21 Å². The van der Waals surface area contributed by atoms with Gasteiger partial charge in [-0.2, -0.15) is 0 Å². The minimum absolute atomic E-state index is 0.513. The van der Waals surface area contributed by atoms with Crippen molar-refractivity contribution in [3.05, 3.63) is 54.7 Å². The van der Waals surface area contributed by atoms with E-state index < -0.39 is 10.8 Å². The standard InChI is InChI=1S/C18H19N5OS/c1-13-3-4-15(11-21-13)17-16(14-5-7-19-8-6-14)12-22-18(23-17)20-9-10-25(2)24/h3-8,11-12H,9-10H2,1-2H3,(H,20,22,23)/t25-/m0/s1. The molecule has 0 aliphatic carbocycles. The van der Waals surface area contributed by atoms with Crippen molar-refractivity contribution in [1.29, 1.82) is 0 Å². The van der Waals surface area contributed by atoms with Crippen molar-refractivity contribution in [3.8, 4) is 22.4 Å². The van der Waals surface area contributed by atoms with E-state index in [1.54, 1.807) is 24.8 Å². The third-order valence-electron chi connectivity index (χ3n) is 3.64. The van der Waals surface area contributed by atoms with Gasteiger partial charge in [0.15, 0.2) is 0 Å². The van der Waals surface area contributed by atoms with Gasteiger partial charge in [0.05, 0.1) is 5.69 Å². The fourth-order valence-electron chi connectivity index (χ4n) is 2.34. The average molecular weight is 353 g/mol. The predicted molar refractivity (Wildman–Crippen MR) is 101 cm³/mol. The van der Waals surface area contributed by atoms with Crippen LogP contribution in [0, 0.1) is 6.92 Å². The van der Waals surface area contributed by atoms with Crippen LogP contribution in [0.1, 0.15) is 5.69 Å². The quantitative estimate of drug-likeness (QED) is 0.734. The van der Waals surface area contributed by atoms with Gasteiger partial charge < -0.3 is 5.32 Å². The van der Waals surface area contributed by atoms with Crippen LogP contribution in [-0.4, -0.2) is 42.7 Å². The molecule has 0 saturated heterocycles. The number of hydrogen-bond acceptors (Lipinski definition) is 6. The lowest BCUT2D eigenvalue weighted by molar-refractivity contribution is 0.687. The van der Waals surface area contributed by atoms with Crippen LogP contribution < -0.4 is 5.32 Å². The first-order chi connectivity index (χ1) is 12.1. The molecule has 1 atom stereocenters. The summed E-state index contributed by atoms with van der Waals surface area (Å²) in [7, 11) is -0.852. The molecule has 3 aromatic rings. The summed E-state index contributed by atoms with van der Waals surface area (Å²) in [5.41, 5.74) is 4.58. The van der Waals surface area contributed by atoms with E-state index in [1.807, 2.05) is 37.4 Å². The van der Waals surface area contributed by atoms with Gasteiger partial charge in [-0.1, -0.05) is 0 Å². The molecule has 0 spiro atoms. The minimum Gasteiger partial charge on any atom is -0.353 e. The van der Waals surface area contributed by atoms with E-state index in [4.69, 9.17) is 0 Å². The van der Waals surface area contributed by atoms with Gasteiger partial charge in [0.25, 0.3) is 0 Å². The number of aryl methyl sites for hydroxylation is 1. The summed E-state index contributed by atoms with van der Waals surface area (Å²) in [5, 5.41) is 3.13. The molecule has 0 aromatic carbocycles. The molecule has 1 N–H and O–H groups in total. The maximum Gasteiger partial charge on any atom is 0.223 e. The van der Waals surface area contributed by atoms with Crippen molar-refractivity contribution in [3.63, 3.8) is 0 Å². The molecule has 6 nitrogen and oxygen atoms in total. The zero-order valence-corrected chi connectivity index (χ0v) is 15.0. The van der Waals surface area contributed by atoms with Crippen molar-refractivity contribution < 1.29 is 4.21 Å². The predicted octanol–water partition coefficient (Wildman–Crippen LogP) is 2.70. The lowest BCUT2D eigenvalue weighted by Crippen LogP contribution is -2.12. The number of pyridine rings is 2. The van der Waals surface area contributed by atoms with Crippen molar-refractivity contribution >= 4 is 16.7 Å². The fourth-order valence-corrected chi connectivity index (χ4v) is 2.73. The van der Waals surface area contributed by atoms with Crippen LogP contribution in [0.5, 0.6) is 0 Å². The zero-order chi connectivity index (χ0) is 17.6. The molecule has 25 heavy (non-hydrogen) atoms. The molecule has 0 unspecified atom stereocenters. The van der Waals surface area contributed by atoms with Gasteiger partial charge in [0, 0.05) is 71.0 Å². The lowest BCUT2D eigenvalue weighted by atomic mass is 10.0. The van der Waals surface area contributed by atoms with Crippen LogP contribution in [0.15, 0.2) is 49.1 Å². The van der Waals surface area contributed by atoms with Crippen molar-refractivity contribution in [2.24, 2.45) is 0 Å². The number of nitrogens with zero attached hydrogens (tertiary/aromatic N) is 4. The Kier molecular flexibility index (Phi) is 5.45. The Morgan fingerprint density at radius 3 is 2.52 bits per heavy atom. The van der Waals surface area contributed by atoms with E-state index in [-0.39, 0.29) is 0 Å². The SMILES string of the molecule is Cc1ccc(-c2nc(NCC[S@](C)=O)ncc2-c2ccncc2)cn1. The maximum absolute atomic E-state index is 11.2. The number of rotatable bonds is 6. The Morgan fingerprint density at radius 1 is 1.04 bits per heavy atom. The van der Waals surface area contributed by atoms with Crippen molar-refractivity contribution in [2.45, 2.75) is 6.92 Å². The third-order valence-corrected chi connectivity index (χ3v) is 4.42. The highest BCUT2D eigenvalue weighted by atomic mass is 32.2. The van der Waals surface area contributed by atoms with Crippen molar-refractivity contribution in [2.75, 3.05) is 23.9 Å². The van der Waals surface area contributed by atoms with Gasteiger partial charge >= 0.3 is 0 Å². The molecule has 0 saturated carbocycles. The summed E-state index contributed by atoms with van der Waals surface area (Å²) in [6.07, 6.45) is 8.78. The highest BCUT2D eigenvalue weighted by Gasteiger charge is 2.12. The number of hydrogen-bond donors (Lipinski definition) is 1. The van der Waals surface area contributed by atoms with E-state index in [2.05, 4.69) is 25.3 Å². The summed E-state index contributed by atoms with van der Waals surface area (Å²) in [6, 6.07) is 7.82. The van der Waals surface area contributed by atoms with Crippen molar-refractivity contribution in [1.82, 2.24) is 19.9 Å². The van der Waals surface area contributed by atoms with Gasteiger partial charge in [-0.3, -0.25) is 14.2 Å². The molecule has 7 heteroatoms. The molecule has 128 valence electrons. The Bertz CT molecular complexity index is 868. The number of nitrogens with one attached hydrogen (secondary N) is 1. The van der Waals surface area contributed by atoms with Gasteiger partial charge in [-0.15, -0.1) is 0 Å². The Morgan fingerprint density at radius 2 is 1.84 bits per heavy atom. The summed E-state index contributed by atoms with van der Waals surface area (Å²) in [5.74, 6) is 1.07. The second-order valence-corrected chi connectivity index (χ2v) is 7.14. The van der Waals surface area contributed by atoms with E-state index >= 15 is 0 Å². The maximum atomic E-state index is 11.2.